The van der Waals surface area contributed by atoms with E-state index in [1.54, 1.807) is 30.5 Å². The van der Waals surface area contributed by atoms with Crippen molar-refractivity contribution in [1.82, 2.24) is 25.5 Å². The van der Waals surface area contributed by atoms with Gasteiger partial charge >= 0.3 is 0 Å². The van der Waals surface area contributed by atoms with Crippen molar-refractivity contribution >= 4 is 40.0 Å². The molecule has 150 valence electrons. The van der Waals surface area contributed by atoms with Crippen LogP contribution in [0.15, 0.2) is 67.1 Å². The topological polar surface area (TPSA) is 114 Å². The number of benzene rings is 2. The number of rotatable bonds is 6. The number of carbonyl (C=O) groups is 1. The molecule has 0 radical (unpaired) electrons. The predicted molar refractivity (Wildman–Crippen MR) is 114 cm³/mol. The van der Waals surface area contributed by atoms with Crippen LogP contribution in [-0.2, 0) is 16.1 Å². The largest absolute Gasteiger partial charge is 0.438 e. The molecule has 10 heteroatoms. The van der Waals surface area contributed by atoms with Gasteiger partial charge in [-0.2, -0.15) is 5.10 Å². The van der Waals surface area contributed by atoms with Crippen molar-refractivity contribution in [3.05, 3.63) is 72.7 Å². The van der Waals surface area contributed by atoms with Gasteiger partial charge in [0.25, 0.3) is 5.17 Å². The molecule has 4 rings (SSSR count). The molecule has 2 aromatic carbocycles. The highest BCUT2D eigenvalue weighted by Gasteiger charge is 2.09. The lowest BCUT2D eigenvalue weighted by Crippen LogP contribution is -2.33. The van der Waals surface area contributed by atoms with Gasteiger partial charge in [0.05, 0.1) is 18.3 Å². The highest BCUT2D eigenvalue weighted by atomic mass is 32.1. The maximum atomic E-state index is 12.0. The van der Waals surface area contributed by atoms with Crippen LogP contribution in [0.5, 0.6) is 11.6 Å². The van der Waals surface area contributed by atoms with Gasteiger partial charge in [-0.1, -0.05) is 30.3 Å². The number of fused-ring (bicyclic) bond motifs is 1. The molecular weight excluding hydrogens is 404 g/mol. The second-order valence-corrected chi connectivity index (χ2v) is 6.51. The number of hydrogen-bond donors (Lipinski definition) is 3. The molecule has 0 aliphatic heterocycles. The Hall–Kier alpha value is -4.05. The fourth-order valence-corrected chi connectivity index (χ4v) is 2.75. The number of thiocarbonyl (C=S) groups is 1. The van der Waals surface area contributed by atoms with Crippen LogP contribution in [0.1, 0.15) is 5.56 Å². The Morgan fingerprint density at radius 3 is 2.67 bits per heavy atom. The van der Waals surface area contributed by atoms with Crippen LogP contribution in [0.3, 0.4) is 0 Å². The smallest absolute Gasteiger partial charge is 0.292 e. The normalized spacial score (nSPS) is 10.4. The number of H-pyrrole nitrogens is 1. The third kappa shape index (κ3) is 4.86. The molecule has 1 amide bonds. The molecule has 2 heterocycles. The van der Waals surface area contributed by atoms with Crippen molar-refractivity contribution in [2.45, 2.75) is 6.42 Å². The summed E-state index contributed by atoms with van der Waals surface area (Å²) in [4.78, 5) is 25.4. The molecule has 9 nitrogen and oxygen atoms in total. The Labute approximate surface area is 176 Å². The molecule has 0 fully saturated rings. The van der Waals surface area contributed by atoms with Crippen LogP contribution in [0.25, 0.3) is 11.0 Å². The van der Waals surface area contributed by atoms with Gasteiger partial charge in [-0.3, -0.25) is 15.2 Å². The average Bonchev–Trinajstić information content (AvgIpc) is 3.24. The van der Waals surface area contributed by atoms with Gasteiger partial charge in [-0.25, -0.2) is 15.4 Å². The Balaban J connectivity index is 1.28. The van der Waals surface area contributed by atoms with E-state index in [-0.39, 0.29) is 17.5 Å². The van der Waals surface area contributed by atoms with Gasteiger partial charge in [-0.15, -0.1) is 0 Å². The molecule has 0 bridgehead atoms. The van der Waals surface area contributed by atoms with E-state index in [4.69, 9.17) is 21.8 Å². The van der Waals surface area contributed by atoms with Crippen LogP contribution >= 0.6 is 12.2 Å². The lowest BCUT2D eigenvalue weighted by molar-refractivity contribution is -0.119. The summed E-state index contributed by atoms with van der Waals surface area (Å²) in [5, 5.41) is 9.81. The van der Waals surface area contributed by atoms with Gasteiger partial charge < -0.3 is 9.57 Å². The van der Waals surface area contributed by atoms with Crippen LogP contribution in [0.2, 0.25) is 0 Å². The van der Waals surface area contributed by atoms with E-state index in [0.717, 1.165) is 5.56 Å². The van der Waals surface area contributed by atoms with Gasteiger partial charge in [0.15, 0.2) is 5.65 Å². The summed E-state index contributed by atoms with van der Waals surface area (Å²) in [6, 6.07) is 16.3. The highest BCUT2D eigenvalue weighted by Crippen LogP contribution is 2.26. The molecule has 3 N–H and O–H groups in total. The number of amides is 1. The Kier molecular flexibility index (Phi) is 5.76. The third-order valence-corrected chi connectivity index (χ3v) is 4.18. The van der Waals surface area contributed by atoms with E-state index in [2.05, 4.69) is 31.0 Å². The van der Waals surface area contributed by atoms with E-state index in [0.29, 0.717) is 28.4 Å². The van der Waals surface area contributed by atoms with Gasteiger partial charge in [0, 0.05) is 0 Å². The van der Waals surface area contributed by atoms with Crippen LogP contribution in [-0.4, -0.2) is 31.2 Å². The van der Waals surface area contributed by atoms with Crippen molar-refractivity contribution in [3.8, 4) is 11.6 Å². The summed E-state index contributed by atoms with van der Waals surface area (Å²) in [6.07, 6.45) is 3.21. The van der Waals surface area contributed by atoms with E-state index in [1.165, 1.54) is 6.33 Å². The first-order valence-corrected chi connectivity index (χ1v) is 9.31. The van der Waals surface area contributed by atoms with Crippen LogP contribution < -0.4 is 15.5 Å². The van der Waals surface area contributed by atoms with Crippen LogP contribution in [0, 0.1) is 0 Å². The fourth-order valence-electron chi connectivity index (χ4n) is 2.60. The minimum atomic E-state index is -0.257. The summed E-state index contributed by atoms with van der Waals surface area (Å²) >= 11 is 5.03. The van der Waals surface area contributed by atoms with Crippen molar-refractivity contribution in [3.63, 3.8) is 0 Å². The quantitative estimate of drug-likeness (QED) is 0.322. The standard InChI is InChI=1S/C20H16N6O3S/c27-17(10-13-4-2-1-3-5-13)24-20(30)29-26-14-6-8-15(9-7-14)28-19-16-11-23-25-18(16)21-12-22-19/h1-9,11-12,26H,10H2,(H,24,27,30)(H,21,22,23,25). The third-order valence-electron chi connectivity index (χ3n) is 3.99. The van der Waals surface area contributed by atoms with E-state index in [9.17, 15) is 4.79 Å². The Morgan fingerprint density at radius 1 is 1.07 bits per heavy atom. The zero-order chi connectivity index (χ0) is 20.8. The van der Waals surface area contributed by atoms with E-state index < -0.39 is 0 Å². The lowest BCUT2D eigenvalue weighted by atomic mass is 10.1. The molecule has 0 atom stereocenters. The molecule has 0 aliphatic rings. The Bertz CT molecular complexity index is 1160. The molecule has 0 saturated heterocycles. The highest BCUT2D eigenvalue weighted by molar-refractivity contribution is 7.80. The van der Waals surface area contributed by atoms with Gasteiger partial charge in [-0.05, 0) is 42.0 Å². The zero-order valence-electron chi connectivity index (χ0n) is 15.5. The minimum absolute atomic E-state index is 0.0698. The first-order valence-electron chi connectivity index (χ1n) is 8.90. The molecule has 0 aliphatic carbocycles. The van der Waals surface area contributed by atoms with Crippen molar-refractivity contribution < 1.29 is 14.4 Å². The number of aromatic amines is 1. The summed E-state index contributed by atoms with van der Waals surface area (Å²) in [5.41, 5.74) is 4.78. The van der Waals surface area contributed by atoms with Crippen molar-refractivity contribution in [1.29, 1.82) is 0 Å². The zero-order valence-corrected chi connectivity index (χ0v) is 16.3. The molecule has 2 aromatic heterocycles. The number of anilines is 1. The first kappa shape index (κ1) is 19.3. The second kappa shape index (κ2) is 8.97. The number of aromatic nitrogens is 4. The van der Waals surface area contributed by atoms with Crippen molar-refractivity contribution in [2.75, 3.05) is 5.48 Å². The first-order chi connectivity index (χ1) is 14.7. The minimum Gasteiger partial charge on any atom is -0.438 e. The average molecular weight is 420 g/mol. The second-order valence-electron chi connectivity index (χ2n) is 6.14. The predicted octanol–water partition coefficient (Wildman–Crippen LogP) is 3.13. The van der Waals surface area contributed by atoms with Gasteiger partial charge in [0.2, 0.25) is 11.8 Å². The number of carbonyl (C=O) groups excluding carboxylic acids is 1. The summed E-state index contributed by atoms with van der Waals surface area (Å²) in [6.45, 7) is 0. The molecule has 0 spiro atoms. The molecule has 4 aromatic rings. The summed E-state index contributed by atoms with van der Waals surface area (Å²) in [7, 11) is 0. The van der Waals surface area contributed by atoms with Gasteiger partial charge in [0.1, 0.15) is 17.5 Å². The number of nitrogens with one attached hydrogen (secondary N) is 3. The molecule has 0 saturated carbocycles. The summed E-state index contributed by atoms with van der Waals surface area (Å²) in [5.74, 6) is 0.709. The lowest BCUT2D eigenvalue weighted by Gasteiger charge is -2.11. The van der Waals surface area contributed by atoms with E-state index >= 15 is 0 Å². The maximum absolute atomic E-state index is 12.0. The monoisotopic (exact) mass is 420 g/mol. The fraction of sp³-hybridized carbons (Fsp3) is 0.0500. The number of ether oxygens (including phenoxy) is 1. The molecule has 30 heavy (non-hydrogen) atoms. The van der Waals surface area contributed by atoms with Crippen LogP contribution in [0.4, 0.5) is 5.69 Å². The number of hydrogen-bond acceptors (Lipinski definition) is 8. The van der Waals surface area contributed by atoms with Crippen molar-refractivity contribution in [2.24, 2.45) is 0 Å². The maximum Gasteiger partial charge on any atom is 0.292 e. The molecular formula is C20H16N6O3S. The SMILES string of the molecule is O=C(Cc1ccccc1)NC(=S)ONc1ccc(Oc2ncnc3[nH]ncc23)cc1. The Morgan fingerprint density at radius 2 is 1.87 bits per heavy atom. The summed E-state index contributed by atoms with van der Waals surface area (Å²) < 4.78 is 5.78. The molecule has 0 unspecified atom stereocenters. The number of nitrogens with zero attached hydrogens (tertiary/aromatic N) is 3. The van der Waals surface area contributed by atoms with E-state index in [1.807, 2.05) is 30.3 Å².